The zero-order valence-corrected chi connectivity index (χ0v) is 17.0. The topological polar surface area (TPSA) is 70.7 Å². The van der Waals surface area contributed by atoms with Crippen LogP contribution in [0.1, 0.15) is 50.4 Å². The number of hydrogen-bond acceptors (Lipinski definition) is 4. The summed E-state index contributed by atoms with van der Waals surface area (Å²) in [5, 5.41) is 6.02. The molecule has 150 valence electrons. The van der Waals surface area contributed by atoms with E-state index in [1.165, 1.54) is 0 Å². The van der Waals surface area contributed by atoms with E-state index in [2.05, 4.69) is 22.5 Å². The molecule has 0 bridgehead atoms. The van der Waals surface area contributed by atoms with Gasteiger partial charge in [0.25, 0.3) is 5.91 Å². The van der Waals surface area contributed by atoms with Gasteiger partial charge in [0.2, 0.25) is 5.91 Å². The molecule has 0 radical (unpaired) electrons. The molecule has 1 atom stereocenters. The summed E-state index contributed by atoms with van der Waals surface area (Å²) in [4.78, 5) is 27.7. The minimum atomic E-state index is -0.548. The Morgan fingerprint density at radius 1 is 1.19 bits per heavy atom. The van der Waals surface area contributed by atoms with Crippen LogP contribution in [-0.2, 0) is 4.79 Å². The molecule has 1 unspecified atom stereocenters. The summed E-state index contributed by atoms with van der Waals surface area (Å²) in [7, 11) is 1.58. The van der Waals surface area contributed by atoms with Crippen molar-refractivity contribution >= 4 is 11.8 Å². The van der Waals surface area contributed by atoms with Gasteiger partial charge in [-0.15, -0.1) is 0 Å². The Morgan fingerprint density at radius 2 is 1.81 bits per heavy atom. The second kappa shape index (κ2) is 10.3. The van der Waals surface area contributed by atoms with E-state index in [4.69, 9.17) is 4.74 Å². The van der Waals surface area contributed by atoms with Crippen LogP contribution in [0.15, 0.2) is 24.3 Å². The fourth-order valence-electron chi connectivity index (χ4n) is 3.41. The Kier molecular flexibility index (Phi) is 8.10. The molecule has 1 saturated heterocycles. The van der Waals surface area contributed by atoms with Crippen molar-refractivity contribution in [3.63, 3.8) is 0 Å². The largest absolute Gasteiger partial charge is 0.497 e. The maximum atomic E-state index is 12.8. The third-order valence-corrected chi connectivity index (χ3v) is 5.06. The zero-order chi connectivity index (χ0) is 19.8. The first-order chi connectivity index (χ1) is 12.9. The van der Waals surface area contributed by atoms with E-state index in [1.54, 1.807) is 31.4 Å². The number of amides is 2. The van der Waals surface area contributed by atoms with Gasteiger partial charge in [0.05, 0.1) is 7.11 Å². The predicted molar refractivity (Wildman–Crippen MR) is 107 cm³/mol. The Bertz CT molecular complexity index is 608. The predicted octanol–water partition coefficient (Wildman–Crippen LogP) is 2.44. The van der Waals surface area contributed by atoms with Crippen LogP contribution in [0.25, 0.3) is 0 Å². The highest BCUT2D eigenvalue weighted by atomic mass is 16.5. The van der Waals surface area contributed by atoms with Gasteiger partial charge in [0.15, 0.2) is 0 Å². The van der Waals surface area contributed by atoms with E-state index >= 15 is 0 Å². The first kappa shape index (κ1) is 21.2. The average Bonchev–Trinajstić information content (AvgIpc) is 2.67. The standard InChI is InChI=1S/C21H33N3O3/c1-5-12-24-13-10-17(11-14-24)22-21(26)19(15(2)3)23-20(25)16-6-8-18(27-4)9-7-16/h6-9,15,17,19H,5,10-14H2,1-4H3,(H,22,26)(H,23,25). The van der Waals surface area contributed by atoms with Crippen LogP contribution in [-0.4, -0.2) is 55.5 Å². The van der Waals surface area contributed by atoms with Gasteiger partial charge in [0.1, 0.15) is 11.8 Å². The SMILES string of the molecule is CCCN1CCC(NC(=O)C(NC(=O)c2ccc(OC)cc2)C(C)C)CC1. The van der Waals surface area contributed by atoms with Crippen molar-refractivity contribution < 1.29 is 14.3 Å². The van der Waals surface area contributed by atoms with Crippen LogP contribution in [0.5, 0.6) is 5.75 Å². The number of ether oxygens (including phenoxy) is 1. The molecule has 27 heavy (non-hydrogen) atoms. The number of benzene rings is 1. The molecule has 0 saturated carbocycles. The molecular weight excluding hydrogens is 342 g/mol. The van der Waals surface area contributed by atoms with Gasteiger partial charge >= 0.3 is 0 Å². The number of likely N-dealkylation sites (tertiary alicyclic amines) is 1. The quantitative estimate of drug-likeness (QED) is 0.732. The molecule has 1 fully saturated rings. The summed E-state index contributed by atoms with van der Waals surface area (Å²) in [6.45, 7) is 9.23. The van der Waals surface area contributed by atoms with Crippen molar-refractivity contribution in [1.82, 2.24) is 15.5 Å². The van der Waals surface area contributed by atoms with Gasteiger partial charge in [-0.3, -0.25) is 9.59 Å². The van der Waals surface area contributed by atoms with Crippen LogP contribution in [0, 0.1) is 5.92 Å². The fourth-order valence-corrected chi connectivity index (χ4v) is 3.41. The minimum absolute atomic E-state index is 0.00683. The zero-order valence-electron chi connectivity index (χ0n) is 17.0. The number of nitrogens with zero attached hydrogens (tertiary/aromatic N) is 1. The van der Waals surface area contributed by atoms with E-state index < -0.39 is 6.04 Å². The molecule has 1 aliphatic heterocycles. The van der Waals surface area contributed by atoms with Gasteiger partial charge in [-0.05, 0) is 56.0 Å². The number of carbonyl (C=O) groups excluding carboxylic acids is 2. The van der Waals surface area contributed by atoms with Crippen molar-refractivity contribution in [3.8, 4) is 5.75 Å². The summed E-state index contributed by atoms with van der Waals surface area (Å²) in [5.74, 6) is 0.358. The van der Waals surface area contributed by atoms with E-state index in [0.717, 1.165) is 38.9 Å². The lowest BCUT2D eigenvalue weighted by molar-refractivity contribution is -0.125. The Balaban J connectivity index is 1.91. The average molecular weight is 376 g/mol. The Labute approximate surface area is 162 Å². The second-order valence-electron chi connectivity index (χ2n) is 7.55. The smallest absolute Gasteiger partial charge is 0.251 e. The molecule has 1 aromatic rings. The molecule has 0 spiro atoms. The third kappa shape index (κ3) is 6.24. The van der Waals surface area contributed by atoms with Crippen LogP contribution < -0.4 is 15.4 Å². The summed E-state index contributed by atoms with van der Waals surface area (Å²) in [6, 6.07) is 6.52. The highest BCUT2D eigenvalue weighted by Crippen LogP contribution is 2.14. The molecule has 6 heteroatoms. The monoisotopic (exact) mass is 375 g/mol. The van der Waals surface area contributed by atoms with Crippen molar-refractivity contribution in [3.05, 3.63) is 29.8 Å². The molecule has 0 aromatic heterocycles. The van der Waals surface area contributed by atoms with E-state index in [9.17, 15) is 9.59 Å². The molecular formula is C21H33N3O3. The normalized spacial score (nSPS) is 16.8. The summed E-state index contributed by atoms with van der Waals surface area (Å²) < 4.78 is 5.11. The molecule has 2 N–H and O–H groups in total. The second-order valence-corrected chi connectivity index (χ2v) is 7.55. The number of carbonyl (C=O) groups is 2. The minimum Gasteiger partial charge on any atom is -0.497 e. The van der Waals surface area contributed by atoms with E-state index in [0.29, 0.717) is 11.3 Å². The van der Waals surface area contributed by atoms with Crippen molar-refractivity contribution in [1.29, 1.82) is 0 Å². The summed E-state index contributed by atoms with van der Waals surface area (Å²) in [6.07, 6.45) is 3.08. The van der Waals surface area contributed by atoms with Crippen molar-refractivity contribution in [2.75, 3.05) is 26.7 Å². The molecule has 2 amide bonds. The number of rotatable bonds is 8. The van der Waals surface area contributed by atoms with Gasteiger partial charge in [-0.1, -0.05) is 20.8 Å². The molecule has 1 heterocycles. The first-order valence-electron chi connectivity index (χ1n) is 9.92. The lowest BCUT2D eigenvalue weighted by Gasteiger charge is -2.33. The van der Waals surface area contributed by atoms with Crippen LogP contribution in [0.4, 0.5) is 0 Å². The number of nitrogens with one attached hydrogen (secondary N) is 2. The van der Waals surface area contributed by atoms with Crippen LogP contribution in [0.3, 0.4) is 0 Å². The van der Waals surface area contributed by atoms with Gasteiger partial charge in [-0.2, -0.15) is 0 Å². The Morgan fingerprint density at radius 3 is 2.33 bits per heavy atom. The number of methoxy groups -OCH3 is 1. The molecule has 6 nitrogen and oxygen atoms in total. The van der Waals surface area contributed by atoms with Gasteiger partial charge < -0.3 is 20.3 Å². The molecule has 1 aliphatic rings. The maximum Gasteiger partial charge on any atom is 0.251 e. The third-order valence-electron chi connectivity index (χ3n) is 5.06. The highest BCUT2D eigenvalue weighted by Gasteiger charge is 2.28. The summed E-state index contributed by atoms with van der Waals surface area (Å²) >= 11 is 0. The lowest BCUT2D eigenvalue weighted by Crippen LogP contribution is -2.54. The number of piperidine rings is 1. The number of hydrogen-bond donors (Lipinski definition) is 2. The van der Waals surface area contributed by atoms with Gasteiger partial charge in [-0.25, -0.2) is 0 Å². The van der Waals surface area contributed by atoms with Crippen molar-refractivity contribution in [2.45, 2.75) is 52.1 Å². The molecule has 0 aliphatic carbocycles. The molecule has 2 rings (SSSR count). The summed E-state index contributed by atoms with van der Waals surface area (Å²) in [5.41, 5.74) is 0.516. The highest BCUT2D eigenvalue weighted by molar-refractivity contribution is 5.97. The molecule has 1 aromatic carbocycles. The van der Waals surface area contributed by atoms with E-state index in [-0.39, 0.29) is 23.8 Å². The lowest BCUT2D eigenvalue weighted by atomic mass is 10.00. The first-order valence-corrected chi connectivity index (χ1v) is 9.92. The Hall–Kier alpha value is -2.08. The van der Waals surface area contributed by atoms with Crippen LogP contribution in [0.2, 0.25) is 0 Å². The van der Waals surface area contributed by atoms with Crippen molar-refractivity contribution in [2.24, 2.45) is 5.92 Å². The van der Waals surface area contributed by atoms with Crippen LogP contribution >= 0.6 is 0 Å². The van der Waals surface area contributed by atoms with E-state index in [1.807, 2.05) is 13.8 Å². The van der Waals surface area contributed by atoms with Gasteiger partial charge in [0, 0.05) is 24.7 Å². The maximum absolute atomic E-state index is 12.8. The fraction of sp³-hybridized carbons (Fsp3) is 0.619.